The summed E-state index contributed by atoms with van der Waals surface area (Å²) < 4.78 is 23.1. The summed E-state index contributed by atoms with van der Waals surface area (Å²) in [7, 11) is 0. The van der Waals surface area contributed by atoms with Gasteiger partial charge in [-0.15, -0.1) is 10.2 Å². The van der Waals surface area contributed by atoms with E-state index in [1.807, 2.05) is 0 Å². The van der Waals surface area contributed by atoms with Crippen molar-refractivity contribution < 1.29 is 23.4 Å². The molecule has 100 valence electrons. The van der Waals surface area contributed by atoms with E-state index in [1.54, 1.807) is 0 Å². The van der Waals surface area contributed by atoms with Gasteiger partial charge in [-0.05, 0) is 24.3 Å². The number of aromatic nitrogens is 2. The summed E-state index contributed by atoms with van der Waals surface area (Å²) in [6.07, 6.45) is 0.0514. The number of rotatable bonds is 6. The summed E-state index contributed by atoms with van der Waals surface area (Å²) in [5.41, 5.74) is 0. The van der Waals surface area contributed by atoms with E-state index in [0.717, 1.165) is 0 Å². The molecule has 0 saturated carbocycles. The van der Waals surface area contributed by atoms with Crippen LogP contribution >= 0.6 is 0 Å². The molecule has 0 saturated heterocycles. The molecule has 1 N–H and O–H groups in total. The Bertz CT molecular complexity index is 553. The second-order valence-electron chi connectivity index (χ2n) is 3.71. The van der Waals surface area contributed by atoms with Gasteiger partial charge >= 0.3 is 5.97 Å². The normalized spacial score (nSPS) is 10.4. The van der Waals surface area contributed by atoms with Crippen molar-refractivity contribution in [2.24, 2.45) is 0 Å². The molecule has 0 unspecified atom stereocenters. The zero-order chi connectivity index (χ0) is 13.7. The Labute approximate surface area is 107 Å². The molecule has 0 spiro atoms. The molecular weight excluding hydrogens is 255 g/mol. The SMILES string of the molecule is O=C(O)Cc1nnc(CCOc2ccc(F)cc2)o1. The van der Waals surface area contributed by atoms with Crippen LogP contribution in [0.25, 0.3) is 0 Å². The van der Waals surface area contributed by atoms with Crippen LogP contribution in [-0.4, -0.2) is 27.9 Å². The van der Waals surface area contributed by atoms with Crippen molar-refractivity contribution in [2.75, 3.05) is 6.61 Å². The van der Waals surface area contributed by atoms with Crippen molar-refractivity contribution in [2.45, 2.75) is 12.8 Å². The molecule has 0 radical (unpaired) electrons. The lowest BCUT2D eigenvalue weighted by molar-refractivity contribution is -0.136. The molecule has 0 amide bonds. The molecule has 2 rings (SSSR count). The van der Waals surface area contributed by atoms with Crippen LogP contribution in [-0.2, 0) is 17.6 Å². The molecule has 1 aromatic heterocycles. The monoisotopic (exact) mass is 266 g/mol. The van der Waals surface area contributed by atoms with Crippen LogP contribution in [0.2, 0.25) is 0 Å². The van der Waals surface area contributed by atoms with Crippen molar-refractivity contribution in [1.82, 2.24) is 10.2 Å². The van der Waals surface area contributed by atoms with Gasteiger partial charge in [0.15, 0.2) is 0 Å². The summed E-state index contributed by atoms with van der Waals surface area (Å²) in [5.74, 6) is -0.463. The topological polar surface area (TPSA) is 85.5 Å². The van der Waals surface area contributed by atoms with Gasteiger partial charge in [-0.1, -0.05) is 0 Å². The van der Waals surface area contributed by atoms with E-state index >= 15 is 0 Å². The predicted octanol–water partition coefficient (Wildman–Crippen LogP) is 1.46. The lowest BCUT2D eigenvalue weighted by atomic mass is 10.3. The third-order valence-corrected chi connectivity index (χ3v) is 2.21. The van der Waals surface area contributed by atoms with Crippen molar-refractivity contribution >= 4 is 5.97 Å². The van der Waals surface area contributed by atoms with Crippen LogP contribution in [0.4, 0.5) is 4.39 Å². The second kappa shape index (κ2) is 5.94. The number of benzene rings is 1. The zero-order valence-corrected chi connectivity index (χ0v) is 9.88. The predicted molar refractivity (Wildman–Crippen MR) is 61.2 cm³/mol. The molecule has 6 nitrogen and oxygen atoms in total. The highest BCUT2D eigenvalue weighted by Crippen LogP contribution is 2.11. The maximum atomic E-state index is 12.6. The Kier molecular flexibility index (Phi) is 4.07. The summed E-state index contributed by atoms with van der Waals surface area (Å²) in [6.45, 7) is 0.278. The van der Waals surface area contributed by atoms with Crippen LogP contribution in [0.3, 0.4) is 0 Å². The number of nitrogens with zero attached hydrogens (tertiary/aromatic N) is 2. The largest absolute Gasteiger partial charge is 0.493 e. The van der Waals surface area contributed by atoms with Crippen molar-refractivity contribution in [3.05, 3.63) is 41.9 Å². The number of carboxylic acids is 1. The van der Waals surface area contributed by atoms with Gasteiger partial charge in [0.05, 0.1) is 13.0 Å². The van der Waals surface area contributed by atoms with E-state index in [0.29, 0.717) is 18.1 Å². The van der Waals surface area contributed by atoms with Gasteiger partial charge in [0.1, 0.15) is 18.0 Å². The number of aliphatic carboxylic acids is 1. The van der Waals surface area contributed by atoms with E-state index in [9.17, 15) is 9.18 Å². The minimum absolute atomic E-state index is 0.0595. The first-order valence-corrected chi connectivity index (χ1v) is 5.55. The van der Waals surface area contributed by atoms with Crippen molar-refractivity contribution in [1.29, 1.82) is 0 Å². The van der Waals surface area contributed by atoms with E-state index in [-0.39, 0.29) is 24.7 Å². The van der Waals surface area contributed by atoms with Gasteiger partial charge in [-0.3, -0.25) is 4.79 Å². The fourth-order valence-electron chi connectivity index (χ4n) is 1.38. The number of carbonyl (C=O) groups is 1. The average molecular weight is 266 g/mol. The molecule has 0 bridgehead atoms. The molecule has 7 heteroatoms. The summed E-state index contributed by atoms with van der Waals surface area (Å²) >= 11 is 0. The molecular formula is C12H11FN2O4. The van der Waals surface area contributed by atoms with Gasteiger partial charge < -0.3 is 14.3 Å². The molecule has 0 fully saturated rings. The van der Waals surface area contributed by atoms with Gasteiger partial charge in [-0.2, -0.15) is 0 Å². The van der Waals surface area contributed by atoms with Crippen LogP contribution in [0, 0.1) is 5.82 Å². The summed E-state index contributed by atoms with van der Waals surface area (Å²) in [4.78, 5) is 10.4. The van der Waals surface area contributed by atoms with E-state index in [4.69, 9.17) is 14.3 Å². The van der Waals surface area contributed by atoms with Crippen LogP contribution in [0.1, 0.15) is 11.8 Å². The van der Waals surface area contributed by atoms with Crippen LogP contribution in [0.15, 0.2) is 28.7 Å². The lowest BCUT2D eigenvalue weighted by Gasteiger charge is -2.03. The highest BCUT2D eigenvalue weighted by atomic mass is 19.1. The molecule has 2 aromatic rings. The molecule has 0 aliphatic carbocycles. The van der Waals surface area contributed by atoms with Gasteiger partial charge in [0.2, 0.25) is 11.8 Å². The molecule has 0 aliphatic heterocycles. The fourth-order valence-corrected chi connectivity index (χ4v) is 1.38. The molecule has 0 aliphatic rings. The van der Waals surface area contributed by atoms with Gasteiger partial charge in [-0.25, -0.2) is 4.39 Å². The molecule has 19 heavy (non-hydrogen) atoms. The first-order chi connectivity index (χ1) is 9.13. The third kappa shape index (κ3) is 4.06. The number of halogens is 1. The highest BCUT2D eigenvalue weighted by molar-refractivity contribution is 5.68. The van der Waals surface area contributed by atoms with Crippen LogP contribution < -0.4 is 4.74 Å². The first-order valence-electron chi connectivity index (χ1n) is 5.55. The Morgan fingerprint density at radius 3 is 2.63 bits per heavy atom. The third-order valence-electron chi connectivity index (χ3n) is 2.21. The van der Waals surface area contributed by atoms with Gasteiger partial charge in [0.25, 0.3) is 0 Å². The second-order valence-corrected chi connectivity index (χ2v) is 3.71. The number of hydrogen-bond donors (Lipinski definition) is 1. The molecule has 1 aromatic carbocycles. The first kappa shape index (κ1) is 13.0. The fraction of sp³-hybridized carbons (Fsp3) is 0.250. The van der Waals surface area contributed by atoms with Crippen molar-refractivity contribution in [3.8, 4) is 5.75 Å². The Morgan fingerprint density at radius 1 is 1.26 bits per heavy atom. The number of hydrogen-bond acceptors (Lipinski definition) is 5. The number of ether oxygens (including phenoxy) is 1. The number of carboxylic acid groups (broad SMARTS) is 1. The smallest absolute Gasteiger partial charge is 0.312 e. The van der Waals surface area contributed by atoms with Crippen LogP contribution in [0.5, 0.6) is 5.75 Å². The maximum Gasteiger partial charge on any atom is 0.312 e. The molecule has 0 atom stereocenters. The molecule has 1 heterocycles. The van der Waals surface area contributed by atoms with E-state index in [2.05, 4.69) is 10.2 Å². The minimum atomic E-state index is -1.03. The maximum absolute atomic E-state index is 12.6. The summed E-state index contributed by atoms with van der Waals surface area (Å²) in [6, 6.07) is 5.62. The Hall–Kier alpha value is -2.44. The standard InChI is InChI=1S/C12H11FN2O4/c13-8-1-3-9(4-2-8)18-6-5-10-14-15-11(19-10)7-12(16)17/h1-4H,5-7H2,(H,16,17). The quantitative estimate of drug-likeness (QED) is 0.851. The average Bonchev–Trinajstić information content (AvgIpc) is 2.78. The van der Waals surface area contributed by atoms with Gasteiger partial charge in [0, 0.05) is 0 Å². The lowest BCUT2D eigenvalue weighted by Crippen LogP contribution is -2.01. The Morgan fingerprint density at radius 2 is 1.95 bits per heavy atom. The highest BCUT2D eigenvalue weighted by Gasteiger charge is 2.09. The van der Waals surface area contributed by atoms with Crippen molar-refractivity contribution in [3.63, 3.8) is 0 Å². The minimum Gasteiger partial charge on any atom is -0.493 e. The summed E-state index contributed by atoms with van der Waals surface area (Å²) in [5, 5.41) is 15.8. The van der Waals surface area contributed by atoms with E-state index < -0.39 is 5.97 Å². The Balaban J connectivity index is 1.80. The zero-order valence-electron chi connectivity index (χ0n) is 9.88. The van der Waals surface area contributed by atoms with E-state index in [1.165, 1.54) is 24.3 Å².